The third-order valence-corrected chi connectivity index (χ3v) is 1.70. The van der Waals surface area contributed by atoms with Crippen molar-refractivity contribution in [2.45, 2.75) is 0 Å². The Bertz CT molecular complexity index is 389. The van der Waals surface area contributed by atoms with Crippen LogP contribution in [0.2, 0.25) is 0 Å². The molecule has 2 rings (SSSR count). The number of H-pyrrole nitrogens is 1. The van der Waals surface area contributed by atoms with Gasteiger partial charge in [0.1, 0.15) is 5.82 Å². The van der Waals surface area contributed by atoms with Gasteiger partial charge in [0.15, 0.2) is 0 Å². The molecule has 3 nitrogen and oxygen atoms in total. The lowest BCUT2D eigenvalue weighted by atomic mass is 10.2. The number of hydrogen-bond acceptors (Lipinski definition) is 2. The van der Waals surface area contributed by atoms with Crippen molar-refractivity contribution < 1.29 is 0 Å². The van der Waals surface area contributed by atoms with E-state index in [4.69, 9.17) is 11.5 Å². The van der Waals surface area contributed by atoms with Gasteiger partial charge >= 0.3 is 0 Å². The fourth-order valence-electron chi connectivity index (χ4n) is 1.17. The third kappa shape index (κ3) is 0.741. The molecular weight excluding hydrogens is 138 g/mol. The lowest BCUT2D eigenvalue weighted by molar-refractivity contribution is 1.41. The maximum Gasteiger partial charge on any atom is 0.111 e. The summed E-state index contributed by atoms with van der Waals surface area (Å²) in [6, 6.07) is 5.61. The van der Waals surface area contributed by atoms with Gasteiger partial charge in [-0.2, -0.15) is 0 Å². The van der Waals surface area contributed by atoms with E-state index >= 15 is 0 Å². The first-order valence-corrected chi connectivity index (χ1v) is 3.32. The highest BCUT2D eigenvalue weighted by molar-refractivity contribution is 6.00. The van der Waals surface area contributed by atoms with Crippen molar-refractivity contribution >= 4 is 22.3 Å². The number of fused-ring (bicyclic) bond motifs is 1. The molecule has 5 N–H and O–H groups in total. The van der Waals surface area contributed by atoms with Gasteiger partial charge in [0.05, 0.1) is 6.20 Å². The highest BCUT2D eigenvalue weighted by Gasteiger charge is 2.01. The van der Waals surface area contributed by atoms with Crippen LogP contribution >= 0.6 is 0 Å². The monoisotopic (exact) mass is 146 g/mol. The molecule has 0 unspecified atom stereocenters. The number of nitrogens with one attached hydrogen (secondary N) is 1. The number of benzene rings is 1. The van der Waals surface area contributed by atoms with Crippen molar-refractivity contribution in [1.29, 1.82) is 0 Å². The molecule has 0 saturated heterocycles. The quantitative estimate of drug-likeness (QED) is 0.488. The van der Waals surface area contributed by atoms with E-state index in [1.807, 2.05) is 18.2 Å². The Morgan fingerprint density at radius 2 is 2.09 bits per heavy atom. The highest BCUT2D eigenvalue weighted by atomic mass is 14.8. The molecule has 0 spiro atoms. The molecule has 0 aliphatic heterocycles. The summed E-state index contributed by atoms with van der Waals surface area (Å²) >= 11 is 0. The summed E-state index contributed by atoms with van der Waals surface area (Å²) in [5.41, 5.74) is 12.0. The second kappa shape index (κ2) is 1.92. The standard InChI is InChI=1S/C8H8N3/c9-6-3-1-2-5-4-11-8(10)7(5)6/h1-3,11H,9-10H2. The molecule has 0 bridgehead atoms. The number of nitrogens with two attached hydrogens (primary N) is 2. The second-order valence-corrected chi connectivity index (χ2v) is 2.43. The van der Waals surface area contributed by atoms with E-state index in [1.54, 1.807) is 0 Å². The molecular formula is C8H8N3. The first-order valence-electron chi connectivity index (χ1n) is 3.32. The summed E-state index contributed by atoms with van der Waals surface area (Å²) in [5.74, 6) is 0.582. The summed E-state index contributed by atoms with van der Waals surface area (Å²) in [6.45, 7) is 0. The topological polar surface area (TPSA) is 67.8 Å². The third-order valence-electron chi connectivity index (χ3n) is 1.70. The Morgan fingerprint density at radius 3 is 2.82 bits per heavy atom. The average Bonchev–Trinajstić information content (AvgIpc) is 2.34. The Labute approximate surface area is 64.0 Å². The molecule has 3 heteroatoms. The van der Waals surface area contributed by atoms with Gasteiger partial charge in [-0.15, -0.1) is 0 Å². The fourth-order valence-corrected chi connectivity index (χ4v) is 1.17. The van der Waals surface area contributed by atoms with Crippen molar-refractivity contribution in [1.82, 2.24) is 4.98 Å². The lowest BCUT2D eigenvalue weighted by Gasteiger charge is -1.95. The predicted octanol–water partition coefficient (Wildman–Crippen LogP) is 1.13. The molecule has 1 heterocycles. The molecule has 1 aromatic carbocycles. The largest absolute Gasteiger partial charge is 0.398 e. The van der Waals surface area contributed by atoms with Gasteiger partial charge in [-0.3, -0.25) is 0 Å². The molecule has 0 fully saturated rings. The van der Waals surface area contributed by atoms with Gasteiger partial charge in [-0.1, -0.05) is 12.1 Å². The van der Waals surface area contributed by atoms with Gasteiger partial charge < -0.3 is 16.5 Å². The van der Waals surface area contributed by atoms with Crippen LogP contribution in [0.15, 0.2) is 18.2 Å². The zero-order valence-electron chi connectivity index (χ0n) is 5.89. The minimum Gasteiger partial charge on any atom is -0.398 e. The van der Waals surface area contributed by atoms with Crippen molar-refractivity contribution in [3.8, 4) is 0 Å². The van der Waals surface area contributed by atoms with Crippen LogP contribution in [0.25, 0.3) is 10.8 Å². The molecule has 0 atom stereocenters. The van der Waals surface area contributed by atoms with Crippen molar-refractivity contribution in [3.63, 3.8) is 0 Å². The molecule has 0 amide bonds. The summed E-state index contributed by atoms with van der Waals surface area (Å²) < 4.78 is 0. The van der Waals surface area contributed by atoms with Gasteiger partial charge in [0.2, 0.25) is 0 Å². The molecule has 0 saturated carbocycles. The van der Waals surface area contributed by atoms with Crippen LogP contribution in [0.1, 0.15) is 0 Å². The molecule has 1 radical (unpaired) electrons. The Hall–Kier alpha value is -1.64. The van der Waals surface area contributed by atoms with E-state index in [1.165, 1.54) is 0 Å². The first-order chi connectivity index (χ1) is 5.29. The normalized spacial score (nSPS) is 10.5. The molecule has 11 heavy (non-hydrogen) atoms. The summed E-state index contributed by atoms with van der Waals surface area (Å²) in [7, 11) is 0. The maximum atomic E-state index is 5.68. The Kier molecular flexibility index (Phi) is 1.06. The van der Waals surface area contributed by atoms with E-state index < -0.39 is 0 Å². The van der Waals surface area contributed by atoms with E-state index in [9.17, 15) is 0 Å². The molecule has 55 valence electrons. The van der Waals surface area contributed by atoms with E-state index in [2.05, 4.69) is 11.2 Å². The van der Waals surface area contributed by atoms with Crippen LogP contribution < -0.4 is 11.5 Å². The van der Waals surface area contributed by atoms with E-state index in [0.717, 1.165) is 10.8 Å². The highest BCUT2D eigenvalue weighted by Crippen LogP contribution is 2.24. The van der Waals surface area contributed by atoms with Gasteiger partial charge in [-0.25, -0.2) is 0 Å². The smallest absolute Gasteiger partial charge is 0.111 e. The van der Waals surface area contributed by atoms with Crippen molar-refractivity contribution in [2.24, 2.45) is 0 Å². The van der Waals surface area contributed by atoms with Gasteiger partial charge in [0, 0.05) is 16.5 Å². The summed E-state index contributed by atoms with van der Waals surface area (Å²) in [4.78, 5) is 2.79. The van der Waals surface area contributed by atoms with Crippen LogP contribution in [-0.2, 0) is 0 Å². The summed E-state index contributed by atoms with van der Waals surface area (Å²) in [5, 5.41) is 1.80. The van der Waals surface area contributed by atoms with Crippen LogP contribution in [0.5, 0.6) is 0 Å². The van der Waals surface area contributed by atoms with Crippen molar-refractivity contribution in [3.05, 3.63) is 24.4 Å². The lowest BCUT2D eigenvalue weighted by Crippen LogP contribution is -1.89. The Morgan fingerprint density at radius 1 is 1.27 bits per heavy atom. The number of aromatic amines is 1. The van der Waals surface area contributed by atoms with Gasteiger partial charge in [0.25, 0.3) is 0 Å². The second-order valence-electron chi connectivity index (χ2n) is 2.43. The zero-order valence-corrected chi connectivity index (χ0v) is 5.89. The molecule has 2 aromatic rings. The number of hydrogen-bond donors (Lipinski definition) is 3. The number of rotatable bonds is 0. The van der Waals surface area contributed by atoms with E-state index in [-0.39, 0.29) is 0 Å². The van der Waals surface area contributed by atoms with Crippen LogP contribution in [-0.4, -0.2) is 4.98 Å². The summed E-state index contributed by atoms with van der Waals surface area (Å²) in [6.07, 6.45) is 2.90. The fraction of sp³-hybridized carbons (Fsp3) is 0. The predicted molar refractivity (Wildman–Crippen MR) is 46.0 cm³/mol. The molecule has 0 aliphatic rings. The van der Waals surface area contributed by atoms with Crippen LogP contribution in [0.4, 0.5) is 11.5 Å². The molecule has 1 aromatic heterocycles. The van der Waals surface area contributed by atoms with E-state index in [0.29, 0.717) is 11.5 Å². The average molecular weight is 146 g/mol. The minimum absolute atomic E-state index is 0.582. The van der Waals surface area contributed by atoms with Crippen molar-refractivity contribution in [2.75, 3.05) is 11.5 Å². The maximum absolute atomic E-state index is 5.68. The number of nitrogen functional groups attached to an aromatic ring is 2. The zero-order chi connectivity index (χ0) is 7.84. The Balaban J connectivity index is 2.96. The van der Waals surface area contributed by atoms with Crippen LogP contribution in [0, 0.1) is 6.20 Å². The first kappa shape index (κ1) is 6.09. The minimum atomic E-state index is 0.582. The number of anilines is 2. The number of aromatic nitrogens is 1. The van der Waals surface area contributed by atoms with Crippen LogP contribution in [0.3, 0.4) is 0 Å². The van der Waals surface area contributed by atoms with Gasteiger partial charge in [-0.05, 0) is 6.07 Å². The molecule has 0 aliphatic carbocycles. The SMILES string of the molecule is Nc1cccc2[c][nH]c(N)c12.